The number of carbonyl (C=O) groups is 2. The third-order valence-electron chi connectivity index (χ3n) is 3.95. The summed E-state index contributed by atoms with van der Waals surface area (Å²) in [6.07, 6.45) is 5.37. The maximum atomic E-state index is 12.5. The number of amides is 1. The number of pyridine rings is 1. The number of Topliss-reactive ketones (excluding diaryl/α,β-unsaturated/α-hetero) is 1. The van der Waals surface area contributed by atoms with Gasteiger partial charge in [-0.1, -0.05) is 24.3 Å². The Morgan fingerprint density at radius 1 is 1.17 bits per heavy atom. The number of rotatable bonds is 3. The Hall–Kier alpha value is -2.49. The van der Waals surface area contributed by atoms with Gasteiger partial charge in [0.25, 0.3) is 0 Å². The van der Waals surface area contributed by atoms with Crippen LogP contribution in [0.5, 0.6) is 0 Å². The van der Waals surface area contributed by atoms with Crippen molar-refractivity contribution in [3.05, 3.63) is 60.6 Å². The van der Waals surface area contributed by atoms with E-state index in [0.29, 0.717) is 13.0 Å². The molecule has 0 saturated carbocycles. The SMILES string of the molecule is O=C1[CH]CCCN(C(=O)Cc2cccc(-c3ccccn3)c2)C1. The van der Waals surface area contributed by atoms with E-state index >= 15 is 0 Å². The lowest BCUT2D eigenvalue weighted by molar-refractivity contribution is -0.133. The Bertz CT molecular complexity index is 698. The molecule has 4 heteroatoms. The van der Waals surface area contributed by atoms with Crippen molar-refractivity contribution in [1.29, 1.82) is 0 Å². The van der Waals surface area contributed by atoms with E-state index in [4.69, 9.17) is 0 Å². The smallest absolute Gasteiger partial charge is 0.227 e. The van der Waals surface area contributed by atoms with E-state index < -0.39 is 0 Å². The van der Waals surface area contributed by atoms with Crippen LogP contribution in [0.1, 0.15) is 18.4 Å². The first-order chi connectivity index (χ1) is 11.2. The molecule has 0 atom stereocenters. The highest BCUT2D eigenvalue weighted by Crippen LogP contribution is 2.18. The Balaban J connectivity index is 1.72. The standard InChI is InChI=1S/C19H19N2O2/c22-17-8-2-4-11-21(14-17)19(23)13-15-6-5-7-16(12-15)18-9-1-3-10-20-18/h1,3,5-10,12H,2,4,11,13-14H2. The zero-order valence-corrected chi connectivity index (χ0v) is 12.9. The van der Waals surface area contributed by atoms with Gasteiger partial charge in [0.05, 0.1) is 18.7 Å². The Kier molecular flexibility index (Phi) is 4.81. The molecule has 1 aliphatic rings. The third kappa shape index (κ3) is 4.03. The summed E-state index contributed by atoms with van der Waals surface area (Å²) in [6.45, 7) is 0.861. The number of aromatic nitrogens is 1. The van der Waals surface area contributed by atoms with Gasteiger partial charge in [0.1, 0.15) is 0 Å². The van der Waals surface area contributed by atoms with Crippen molar-refractivity contribution in [3.63, 3.8) is 0 Å². The summed E-state index contributed by atoms with van der Waals surface area (Å²) in [5, 5.41) is 0. The van der Waals surface area contributed by atoms with Gasteiger partial charge in [-0.3, -0.25) is 14.6 Å². The van der Waals surface area contributed by atoms with E-state index in [1.165, 1.54) is 0 Å². The molecule has 4 nitrogen and oxygen atoms in total. The van der Waals surface area contributed by atoms with Crippen molar-refractivity contribution < 1.29 is 9.59 Å². The number of benzene rings is 1. The first kappa shape index (κ1) is 15.4. The predicted octanol–water partition coefficient (Wildman–Crippen LogP) is 2.69. The molecule has 117 valence electrons. The molecule has 0 spiro atoms. The molecule has 1 fully saturated rings. The van der Waals surface area contributed by atoms with Crippen LogP contribution >= 0.6 is 0 Å². The number of nitrogens with zero attached hydrogens (tertiary/aromatic N) is 2. The van der Waals surface area contributed by atoms with Crippen LogP contribution in [0.3, 0.4) is 0 Å². The summed E-state index contributed by atoms with van der Waals surface area (Å²) in [5.74, 6) is 0.0462. The van der Waals surface area contributed by atoms with Gasteiger partial charge in [0.15, 0.2) is 5.78 Å². The van der Waals surface area contributed by atoms with Gasteiger partial charge in [-0.15, -0.1) is 0 Å². The highest BCUT2D eigenvalue weighted by atomic mass is 16.2. The molecule has 0 N–H and O–H groups in total. The van der Waals surface area contributed by atoms with Crippen LogP contribution in [0, 0.1) is 6.42 Å². The second-order valence-electron chi connectivity index (χ2n) is 5.72. The normalized spacial score (nSPS) is 15.3. The van der Waals surface area contributed by atoms with E-state index in [1.54, 1.807) is 17.5 Å². The van der Waals surface area contributed by atoms with Crippen molar-refractivity contribution in [2.24, 2.45) is 0 Å². The first-order valence-electron chi connectivity index (χ1n) is 7.86. The molecule has 2 aromatic rings. The van der Waals surface area contributed by atoms with E-state index in [2.05, 4.69) is 4.98 Å². The maximum absolute atomic E-state index is 12.5. The minimum atomic E-state index is 0.00632. The zero-order valence-electron chi connectivity index (χ0n) is 12.9. The largest absolute Gasteiger partial charge is 0.335 e. The van der Waals surface area contributed by atoms with Gasteiger partial charge in [-0.2, -0.15) is 0 Å². The summed E-state index contributed by atoms with van der Waals surface area (Å²) in [6, 6.07) is 13.6. The molecule has 1 aliphatic heterocycles. The summed E-state index contributed by atoms with van der Waals surface area (Å²) in [5.41, 5.74) is 2.83. The second kappa shape index (κ2) is 7.18. The highest BCUT2D eigenvalue weighted by molar-refractivity contribution is 5.92. The van der Waals surface area contributed by atoms with E-state index in [9.17, 15) is 9.59 Å². The number of hydrogen-bond acceptors (Lipinski definition) is 3. The molecule has 1 aromatic heterocycles. The van der Waals surface area contributed by atoms with Gasteiger partial charge >= 0.3 is 0 Å². The first-order valence-corrected chi connectivity index (χ1v) is 7.86. The topological polar surface area (TPSA) is 50.3 Å². The highest BCUT2D eigenvalue weighted by Gasteiger charge is 2.20. The number of carbonyl (C=O) groups excluding carboxylic acids is 2. The minimum absolute atomic E-state index is 0.00632. The van der Waals surface area contributed by atoms with Crippen molar-refractivity contribution in [2.75, 3.05) is 13.1 Å². The van der Waals surface area contributed by atoms with Crippen molar-refractivity contribution in [2.45, 2.75) is 19.3 Å². The number of ketones is 1. The maximum Gasteiger partial charge on any atom is 0.227 e. The lowest BCUT2D eigenvalue weighted by atomic mass is 10.0. The van der Waals surface area contributed by atoms with Crippen molar-refractivity contribution >= 4 is 11.7 Å². The summed E-state index contributed by atoms with van der Waals surface area (Å²) in [4.78, 5) is 30.1. The van der Waals surface area contributed by atoms with Gasteiger partial charge in [-0.25, -0.2) is 0 Å². The summed E-state index contributed by atoms with van der Waals surface area (Å²) < 4.78 is 0. The van der Waals surface area contributed by atoms with Gasteiger partial charge < -0.3 is 4.90 Å². The molecule has 1 aromatic carbocycles. The van der Waals surface area contributed by atoms with E-state index in [0.717, 1.165) is 29.7 Å². The Morgan fingerprint density at radius 2 is 2.09 bits per heavy atom. The van der Waals surface area contributed by atoms with Crippen LogP contribution in [0.15, 0.2) is 48.7 Å². The van der Waals surface area contributed by atoms with Crippen LogP contribution in [-0.4, -0.2) is 34.7 Å². The molecular formula is C19H19N2O2. The molecule has 0 aliphatic carbocycles. The monoisotopic (exact) mass is 307 g/mol. The van der Waals surface area contributed by atoms with Crippen LogP contribution in [-0.2, 0) is 16.0 Å². The molecular weight excluding hydrogens is 288 g/mol. The van der Waals surface area contributed by atoms with Gasteiger partial charge in [0, 0.05) is 24.7 Å². The molecule has 0 bridgehead atoms. The van der Waals surface area contributed by atoms with E-state index in [1.807, 2.05) is 42.5 Å². The summed E-state index contributed by atoms with van der Waals surface area (Å²) >= 11 is 0. The van der Waals surface area contributed by atoms with Crippen LogP contribution in [0.4, 0.5) is 0 Å². The lowest BCUT2D eigenvalue weighted by Gasteiger charge is -2.19. The average Bonchev–Trinajstić information content (AvgIpc) is 2.80. The molecule has 1 amide bonds. The Morgan fingerprint density at radius 3 is 2.91 bits per heavy atom. The molecule has 0 unspecified atom stereocenters. The second-order valence-corrected chi connectivity index (χ2v) is 5.72. The van der Waals surface area contributed by atoms with Gasteiger partial charge in [-0.05, 0) is 36.6 Å². The van der Waals surface area contributed by atoms with Crippen molar-refractivity contribution in [3.8, 4) is 11.3 Å². The minimum Gasteiger partial charge on any atom is -0.335 e. The molecule has 1 radical (unpaired) electrons. The lowest BCUT2D eigenvalue weighted by Crippen LogP contribution is -2.35. The predicted molar refractivity (Wildman–Crippen MR) is 88.5 cm³/mol. The molecule has 3 rings (SSSR count). The fourth-order valence-corrected chi connectivity index (χ4v) is 2.75. The third-order valence-corrected chi connectivity index (χ3v) is 3.95. The van der Waals surface area contributed by atoms with Crippen molar-refractivity contribution in [1.82, 2.24) is 9.88 Å². The van der Waals surface area contributed by atoms with Crippen LogP contribution < -0.4 is 0 Å². The van der Waals surface area contributed by atoms with Gasteiger partial charge in [0.2, 0.25) is 5.91 Å². The average molecular weight is 307 g/mol. The summed E-state index contributed by atoms with van der Waals surface area (Å²) in [7, 11) is 0. The fourth-order valence-electron chi connectivity index (χ4n) is 2.75. The van der Waals surface area contributed by atoms with E-state index in [-0.39, 0.29) is 18.2 Å². The van der Waals surface area contributed by atoms with Crippen LogP contribution in [0.2, 0.25) is 0 Å². The zero-order chi connectivity index (χ0) is 16.1. The molecule has 23 heavy (non-hydrogen) atoms. The fraction of sp³-hybridized carbons (Fsp3) is 0.263. The van der Waals surface area contributed by atoms with Crippen LogP contribution in [0.25, 0.3) is 11.3 Å². The number of hydrogen-bond donors (Lipinski definition) is 0. The quantitative estimate of drug-likeness (QED) is 0.876. The Labute approximate surface area is 136 Å². The number of likely N-dealkylation sites (tertiary alicyclic amines) is 1. The molecule has 2 heterocycles. The molecule has 1 saturated heterocycles.